The minimum atomic E-state index is -1.16. The number of aliphatic hydroxyl groups is 1. The first-order valence-electron chi connectivity index (χ1n) is 10.3. The molecule has 2 heterocycles. The molecule has 0 aliphatic carbocycles. The summed E-state index contributed by atoms with van der Waals surface area (Å²) in [6.07, 6.45) is 3.29. The van der Waals surface area contributed by atoms with Gasteiger partial charge in [0.05, 0.1) is 6.10 Å². The molecule has 11 heteroatoms. The fraction of sp³-hybridized carbons (Fsp3) is 0.789. The fourth-order valence-electron chi connectivity index (χ4n) is 3.95. The molecule has 170 valence electrons. The number of nitrogens with one attached hydrogen (secondary N) is 1. The third kappa shape index (κ3) is 5.64. The molecule has 2 fully saturated rings. The van der Waals surface area contributed by atoms with E-state index in [4.69, 9.17) is 5.73 Å². The molecule has 2 aliphatic heterocycles. The van der Waals surface area contributed by atoms with Crippen molar-refractivity contribution in [3.8, 4) is 0 Å². The van der Waals surface area contributed by atoms with Crippen LogP contribution in [-0.2, 0) is 19.2 Å². The molecule has 2 saturated heterocycles. The number of thioether (sulfide) groups is 1. The van der Waals surface area contributed by atoms with Crippen molar-refractivity contribution in [2.75, 3.05) is 25.1 Å². The molecule has 0 aromatic carbocycles. The highest BCUT2D eigenvalue weighted by Gasteiger charge is 2.43. The second-order valence-corrected chi connectivity index (χ2v) is 8.81. The highest BCUT2D eigenvalue weighted by atomic mass is 32.2. The molecule has 0 aromatic rings. The van der Waals surface area contributed by atoms with Crippen molar-refractivity contribution in [3.05, 3.63) is 0 Å². The van der Waals surface area contributed by atoms with Gasteiger partial charge in [0, 0.05) is 13.1 Å². The number of hydrogen-bond donors (Lipinski definition) is 4. The van der Waals surface area contributed by atoms with E-state index in [9.17, 15) is 29.4 Å². The Hall–Kier alpha value is -1.85. The van der Waals surface area contributed by atoms with Gasteiger partial charge in [0.1, 0.15) is 24.2 Å². The SMILES string of the molecule is CSCCC(NC(=O)C(N)C(C)O)C(=O)N1CCCC1C(=O)N1CCCC1C(=O)O. The monoisotopic (exact) mass is 444 g/mol. The molecule has 0 radical (unpaired) electrons. The number of nitrogens with two attached hydrogens (primary N) is 1. The molecule has 0 saturated carbocycles. The van der Waals surface area contributed by atoms with Crippen molar-refractivity contribution in [1.82, 2.24) is 15.1 Å². The lowest BCUT2D eigenvalue weighted by molar-refractivity contribution is -0.152. The Morgan fingerprint density at radius 2 is 1.73 bits per heavy atom. The van der Waals surface area contributed by atoms with Crippen LogP contribution in [0.4, 0.5) is 0 Å². The lowest BCUT2D eigenvalue weighted by Gasteiger charge is -2.32. The van der Waals surface area contributed by atoms with Crippen LogP contribution in [0.15, 0.2) is 0 Å². The lowest BCUT2D eigenvalue weighted by atomic mass is 10.1. The van der Waals surface area contributed by atoms with Gasteiger partial charge in [-0.15, -0.1) is 0 Å². The molecular weight excluding hydrogens is 412 g/mol. The van der Waals surface area contributed by atoms with Gasteiger partial charge in [-0.3, -0.25) is 14.4 Å². The van der Waals surface area contributed by atoms with Crippen LogP contribution in [0, 0.1) is 0 Å². The summed E-state index contributed by atoms with van der Waals surface area (Å²) in [6.45, 7) is 2.13. The number of carbonyl (C=O) groups excluding carboxylic acids is 3. The Morgan fingerprint density at radius 3 is 2.30 bits per heavy atom. The molecule has 30 heavy (non-hydrogen) atoms. The number of aliphatic carboxylic acids is 1. The first-order chi connectivity index (χ1) is 14.2. The van der Waals surface area contributed by atoms with Gasteiger partial charge in [-0.1, -0.05) is 0 Å². The Kier molecular flexibility index (Phi) is 8.92. The van der Waals surface area contributed by atoms with E-state index in [1.165, 1.54) is 28.5 Å². The third-order valence-corrected chi connectivity index (χ3v) is 6.33. The van der Waals surface area contributed by atoms with Crippen LogP contribution in [0.25, 0.3) is 0 Å². The van der Waals surface area contributed by atoms with Crippen molar-refractivity contribution in [3.63, 3.8) is 0 Å². The van der Waals surface area contributed by atoms with Crippen molar-refractivity contribution in [2.45, 2.75) is 69.3 Å². The summed E-state index contributed by atoms with van der Waals surface area (Å²) < 4.78 is 0. The van der Waals surface area contributed by atoms with Crippen LogP contribution < -0.4 is 11.1 Å². The van der Waals surface area contributed by atoms with Crippen molar-refractivity contribution in [1.29, 1.82) is 0 Å². The Balaban J connectivity index is 2.14. The van der Waals surface area contributed by atoms with Gasteiger partial charge in [-0.05, 0) is 51.0 Å². The molecule has 3 amide bonds. The van der Waals surface area contributed by atoms with E-state index in [0.29, 0.717) is 50.9 Å². The molecule has 0 bridgehead atoms. The highest BCUT2D eigenvalue weighted by Crippen LogP contribution is 2.26. The zero-order valence-corrected chi connectivity index (χ0v) is 18.3. The predicted octanol–water partition coefficient (Wildman–Crippen LogP) is -1.00. The van der Waals surface area contributed by atoms with Gasteiger partial charge in [-0.25, -0.2) is 4.79 Å². The second kappa shape index (κ2) is 11.0. The average Bonchev–Trinajstić information content (AvgIpc) is 3.38. The predicted molar refractivity (Wildman–Crippen MR) is 112 cm³/mol. The number of nitrogens with zero attached hydrogens (tertiary/aromatic N) is 2. The highest BCUT2D eigenvalue weighted by molar-refractivity contribution is 7.98. The van der Waals surface area contributed by atoms with Crippen LogP contribution >= 0.6 is 11.8 Å². The van der Waals surface area contributed by atoms with Crippen LogP contribution in [0.5, 0.6) is 0 Å². The summed E-state index contributed by atoms with van der Waals surface area (Å²) in [7, 11) is 0. The summed E-state index contributed by atoms with van der Waals surface area (Å²) in [5.41, 5.74) is 5.68. The van der Waals surface area contributed by atoms with Crippen LogP contribution in [0.1, 0.15) is 39.0 Å². The minimum Gasteiger partial charge on any atom is -0.480 e. The number of carbonyl (C=O) groups is 4. The van der Waals surface area contributed by atoms with Gasteiger partial charge in [0.2, 0.25) is 17.7 Å². The van der Waals surface area contributed by atoms with Gasteiger partial charge < -0.3 is 31.1 Å². The van der Waals surface area contributed by atoms with Gasteiger partial charge in [0.25, 0.3) is 0 Å². The standard InChI is InChI=1S/C19H32N4O6S/c1-11(24)15(20)16(25)21-12(7-10-30-2)17(26)22-8-3-5-13(22)18(27)23-9-4-6-14(23)19(28)29/h11-15,24H,3-10,20H2,1-2H3,(H,21,25)(H,28,29). The maximum Gasteiger partial charge on any atom is 0.326 e. The number of aliphatic hydroxyl groups excluding tert-OH is 1. The summed E-state index contributed by atoms with van der Waals surface area (Å²) in [5.74, 6) is -1.77. The maximum absolute atomic E-state index is 13.2. The fourth-order valence-corrected chi connectivity index (χ4v) is 4.42. The molecule has 2 rings (SSSR count). The smallest absolute Gasteiger partial charge is 0.326 e. The van der Waals surface area contributed by atoms with E-state index in [-0.39, 0.29) is 11.8 Å². The first-order valence-corrected chi connectivity index (χ1v) is 11.6. The van der Waals surface area contributed by atoms with E-state index in [0.717, 1.165) is 0 Å². The zero-order chi connectivity index (χ0) is 22.4. The zero-order valence-electron chi connectivity index (χ0n) is 17.5. The number of hydrogen-bond acceptors (Lipinski definition) is 7. The normalized spacial score (nSPS) is 24.4. The van der Waals surface area contributed by atoms with E-state index in [2.05, 4.69) is 5.32 Å². The lowest BCUT2D eigenvalue weighted by Crippen LogP contribution is -2.58. The quantitative estimate of drug-likeness (QED) is 0.353. The first kappa shape index (κ1) is 24.4. The average molecular weight is 445 g/mol. The third-order valence-electron chi connectivity index (χ3n) is 5.69. The second-order valence-electron chi connectivity index (χ2n) is 7.83. The topological polar surface area (TPSA) is 153 Å². The number of likely N-dealkylation sites (tertiary alicyclic amines) is 2. The summed E-state index contributed by atoms with van der Waals surface area (Å²) in [5, 5.41) is 21.5. The molecule has 0 spiro atoms. The van der Waals surface area contributed by atoms with Crippen LogP contribution in [0.2, 0.25) is 0 Å². The Bertz CT molecular complexity index is 661. The van der Waals surface area contributed by atoms with Crippen molar-refractivity contribution < 1.29 is 29.4 Å². The van der Waals surface area contributed by atoms with E-state index >= 15 is 0 Å². The Morgan fingerprint density at radius 1 is 1.13 bits per heavy atom. The summed E-state index contributed by atoms with van der Waals surface area (Å²) >= 11 is 1.52. The van der Waals surface area contributed by atoms with Crippen molar-refractivity contribution in [2.24, 2.45) is 5.73 Å². The van der Waals surface area contributed by atoms with Gasteiger partial charge in [-0.2, -0.15) is 11.8 Å². The summed E-state index contributed by atoms with van der Waals surface area (Å²) in [4.78, 5) is 52.9. The maximum atomic E-state index is 13.2. The largest absolute Gasteiger partial charge is 0.480 e. The summed E-state index contributed by atoms with van der Waals surface area (Å²) in [6, 6.07) is -3.61. The van der Waals surface area contributed by atoms with E-state index in [1.807, 2.05) is 6.26 Å². The molecule has 5 N–H and O–H groups in total. The number of carboxylic acid groups (broad SMARTS) is 1. The molecular formula is C19H32N4O6S. The number of rotatable bonds is 9. The molecule has 5 unspecified atom stereocenters. The number of carboxylic acids is 1. The number of amides is 3. The molecule has 0 aromatic heterocycles. The molecule has 2 aliphatic rings. The van der Waals surface area contributed by atoms with E-state index < -0.39 is 42.1 Å². The molecule has 5 atom stereocenters. The van der Waals surface area contributed by atoms with E-state index in [1.54, 1.807) is 0 Å². The van der Waals surface area contributed by atoms with Gasteiger partial charge >= 0.3 is 5.97 Å². The van der Waals surface area contributed by atoms with Crippen molar-refractivity contribution >= 4 is 35.5 Å². The molecule has 10 nitrogen and oxygen atoms in total. The van der Waals surface area contributed by atoms with Gasteiger partial charge in [0.15, 0.2) is 0 Å². The Labute approximate surface area is 180 Å². The van der Waals surface area contributed by atoms with Crippen LogP contribution in [0.3, 0.4) is 0 Å². The van der Waals surface area contributed by atoms with Crippen LogP contribution in [-0.4, -0.2) is 99.1 Å². The minimum absolute atomic E-state index is 0.346.